The highest BCUT2D eigenvalue weighted by Gasteiger charge is 2.12. The molecule has 0 spiro atoms. The molecule has 2 aromatic heterocycles. The molecule has 0 saturated heterocycles. The summed E-state index contributed by atoms with van der Waals surface area (Å²) in [5, 5.41) is 21.0. The molecule has 0 atom stereocenters. The monoisotopic (exact) mass is 412 g/mol. The Kier molecular flexibility index (Phi) is 4.82. The van der Waals surface area contributed by atoms with Gasteiger partial charge in [0.05, 0.1) is 0 Å². The highest BCUT2D eigenvalue weighted by molar-refractivity contribution is 7.25. The van der Waals surface area contributed by atoms with E-state index in [-0.39, 0.29) is 0 Å². The Labute approximate surface area is 177 Å². The lowest BCUT2D eigenvalue weighted by Crippen LogP contribution is -2.29. The van der Waals surface area contributed by atoms with E-state index in [1.807, 2.05) is 12.1 Å². The minimum Gasteiger partial charge on any atom is -0.423 e. The summed E-state index contributed by atoms with van der Waals surface area (Å²) in [6.07, 6.45) is 0. The summed E-state index contributed by atoms with van der Waals surface area (Å²) < 4.78 is 0. The van der Waals surface area contributed by atoms with E-state index in [1.54, 1.807) is 34.8 Å². The first-order valence-corrected chi connectivity index (χ1v) is 11.0. The summed E-state index contributed by atoms with van der Waals surface area (Å²) in [6, 6.07) is 31.1. The summed E-state index contributed by atoms with van der Waals surface area (Å²) in [5.74, 6) is 0. The van der Waals surface area contributed by atoms with Crippen LogP contribution < -0.4 is 5.46 Å². The van der Waals surface area contributed by atoms with Gasteiger partial charge in [-0.1, -0.05) is 60.7 Å². The second kappa shape index (κ2) is 7.62. The lowest BCUT2D eigenvalue weighted by Gasteiger charge is -2.01. The molecule has 0 radical (unpaired) electrons. The number of rotatable bonds is 4. The molecule has 5 aromatic rings. The number of thiophene rings is 2. The molecule has 0 aliphatic carbocycles. The highest BCUT2D eigenvalue weighted by atomic mass is 32.1. The minimum absolute atomic E-state index is 0.504. The molecule has 5 heteroatoms. The molecule has 140 valence electrons. The fraction of sp³-hybridized carbons (Fsp3) is 0. The Morgan fingerprint density at radius 1 is 0.517 bits per heavy atom. The van der Waals surface area contributed by atoms with E-state index >= 15 is 0 Å². The average Bonchev–Trinajstić information content (AvgIpc) is 3.43. The maximum atomic E-state index is 9.25. The minimum atomic E-state index is -1.43. The molecule has 5 rings (SSSR count). The molecule has 3 aromatic carbocycles. The van der Waals surface area contributed by atoms with Gasteiger partial charge in [-0.2, -0.15) is 0 Å². The Morgan fingerprint density at radius 3 is 1.72 bits per heavy atom. The van der Waals surface area contributed by atoms with Crippen molar-refractivity contribution < 1.29 is 10.0 Å². The largest absolute Gasteiger partial charge is 0.488 e. The average molecular weight is 412 g/mol. The van der Waals surface area contributed by atoms with E-state index in [1.165, 1.54) is 35.8 Å². The van der Waals surface area contributed by atoms with E-state index in [9.17, 15) is 10.0 Å². The molecular formula is C24H17BO2S2. The van der Waals surface area contributed by atoms with Crippen molar-refractivity contribution in [1.82, 2.24) is 0 Å². The maximum absolute atomic E-state index is 9.25. The molecule has 0 unspecified atom stereocenters. The Bertz CT molecular complexity index is 1290. The van der Waals surface area contributed by atoms with Crippen LogP contribution in [0.15, 0.2) is 91.0 Å². The van der Waals surface area contributed by atoms with Crippen molar-refractivity contribution in [2.24, 2.45) is 0 Å². The van der Waals surface area contributed by atoms with Crippen molar-refractivity contribution in [3.63, 3.8) is 0 Å². The molecule has 2 N–H and O–H groups in total. The molecule has 0 amide bonds. The van der Waals surface area contributed by atoms with Gasteiger partial charge in [0.2, 0.25) is 0 Å². The van der Waals surface area contributed by atoms with Gasteiger partial charge >= 0.3 is 7.12 Å². The summed E-state index contributed by atoms with van der Waals surface area (Å²) in [7, 11) is -1.43. The van der Waals surface area contributed by atoms with Gasteiger partial charge in [0, 0.05) is 19.5 Å². The predicted molar refractivity (Wildman–Crippen MR) is 126 cm³/mol. The number of hydrogen-bond donors (Lipinski definition) is 2. The van der Waals surface area contributed by atoms with Gasteiger partial charge in [0.1, 0.15) is 0 Å². The lowest BCUT2D eigenvalue weighted by atomic mass is 9.80. The SMILES string of the molecule is OB(O)c1ccc(-c2ccc(-c3ccc(-c4ccc5ccccc5c4)s3)s2)cc1. The molecule has 0 saturated carbocycles. The van der Waals surface area contributed by atoms with E-state index in [4.69, 9.17) is 0 Å². The molecule has 0 bridgehead atoms. The summed E-state index contributed by atoms with van der Waals surface area (Å²) in [6.45, 7) is 0. The van der Waals surface area contributed by atoms with Crippen LogP contribution in [0.1, 0.15) is 0 Å². The van der Waals surface area contributed by atoms with Gasteiger partial charge in [-0.3, -0.25) is 0 Å². The molecule has 0 aliphatic rings. The molecular weight excluding hydrogens is 395 g/mol. The topological polar surface area (TPSA) is 40.5 Å². The van der Waals surface area contributed by atoms with Crippen molar-refractivity contribution in [3.05, 3.63) is 91.0 Å². The van der Waals surface area contributed by atoms with Gasteiger partial charge < -0.3 is 10.0 Å². The van der Waals surface area contributed by atoms with Crippen molar-refractivity contribution >= 4 is 46.0 Å². The zero-order chi connectivity index (χ0) is 19.8. The van der Waals surface area contributed by atoms with Gasteiger partial charge in [-0.05, 0) is 57.7 Å². The van der Waals surface area contributed by atoms with E-state index in [0.29, 0.717) is 5.46 Å². The third kappa shape index (κ3) is 3.66. The summed E-state index contributed by atoms with van der Waals surface area (Å²) >= 11 is 3.56. The molecule has 2 nitrogen and oxygen atoms in total. The Morgan fingerprint density at radius 2 is 1.07 bits per heavy atom. The van der Waals surface area contributed by atoms with Crippen LogP contribution in [-0.4, -0.2) is 17.2 Å². The highest BCUT2D eigenvalue weighted by Crippen LogP contribution is 2.40. The summed E-state index contributed by atoms with van der Waals surface area (Å²) in [4.78, 5) is 4.93. The Balaban J connectivity index is 1.43. The molecule has 0 aliphatic heterocycles. The van der Waals surface area contributed by atoms with Crippen LogP contribution in [0.25, 0.3) is 41.4 Å². The third-order valence-corrected chi connectivity index (χ3v) is 7.45. The smallest absolute Gasteiger partial charge is 0.423 e. The van der Waals surface area contributed by atoms with E-state index in [2.05, 4.69) is 66.7 Å². The van der Waals surface area contributed by atoms with Crippen LogP contribution in [0.3, 0.4) is 0 Å². The first-order valence-electron chi connectivity index (χ1n) is 9.33. The third-order valence-electron chi connectivity index (χ3n) is 4.98. The second-order valence-corrected chi connectivity index (χ2v) is 9.05. The van der Waals surface area contributed by atoms with Gasteiger partial charge in [0.25, 0.3) is 0 Å². The number of hydrogen-bond acceptors (Lipinski definition) is 4. The zero-order valence-corrected chi connectivity index (χ0v) is 17.1. The molecule has 2 heterocycles. The molecule has 29 heavy (non-hydrogen) atoms. The Hall–Kier alpha value is -2.70. The van der Waals surface area contributed by atoms with Crippen LogP contribution in [-0.2, 0) is 0 Å². The van der Waals surface area contributed by atoms with Crippen LogP contribution >= 0.6 is 22.7 Å². The zero-order valence-electron chi connectivity index (χ0n) is 15.4. The molecule has 0 fully saturated rings. The van der Waals surface area contributed by atoms with Gasteiger partial charge in [-0.25, -0.2) is 0 Å². The van der Waals surface area contributed by atoms with Gasteiger partial charge in [0.15, 0.2) is 0 Å². The normalized spacial score (nSPS) is 11.1. The van der Waals surface area contributed by atoms with E-state index in [0.717, 1.165) is 5.56 Å². The quantitative estimate of drug-likeness (QED) is 0.375. The first kappa shape index (κ1) is 18.3. The fourth-order valence-corrected chi connectivity index (χ4v) is 5.52. The predicted octanol–water partition coefficient (Wildman–Crippen LogP) is 5.64. The van der Waals surface area contributed by atoms with Crippen LogP contribution in [0.2, 0.25) is 0 Å². The van der Waals surface area contributed by atoms with E-state index < -0.39 is 7.12 Å². The lowest BCUT2D eigenvalue weighted by molar-refractivity contribution is 0.426. The standard InChI is InChI=1S/C24H17BO2S2/c26-25(27)20-9-7-17(8-10-20)21-11-13-23(28-21)24-14-12-22(29-24)19-6-5-16-3-1-2-4-18(16)15-19/h1-15,26-27H. The van der Waals surface area contributed by atoms with Crippen molar-refractivity contribution in [2.45, 2.75) is 0 Å². The van der Waals surface area contributed by atoms with Crippen LogP contribution in [0.5, 0.6) is 0 Å². The van der Waals surface area contributed by atoms with Crippen molar-refractivity contribution in [2.75, 3.05) is 0 Å². The van der Waals surface area contributed by atoms with Crippen LogP contribution in [0.4, 0.5) is 0 Å². The first-order chi connectivity index (χ1) is 14.2. The summed E-state index contributed by atoms with van der Waals surface area (Å²) in [5.41, 5.74) is 2.83. The fourth-order valence-electron chi connectivity index (χ4n) is 3.41. The van der Waals surface area contributed by atoms with Crippen LogP contribution in [0, 0.1) is 0 Å². The maximum Gasteiger partial charge on any atom is 0.488 e. The van der Waals surface area contributed by atoms with Crippen molar-refractivity contribution in [1.29, 1.82) is 0 Å². The van der Waals surface area contributed by atoms with Gasteiger partial charge in [-0.15, -0.1) is 22.7 Å². The second-order valence-electron chi connectivity index (χ2n) is 6.89. The van der Waals surface area contributed by atoms with Crippen molar-refractivity contribution in [3.8, 4) is 30.6 Å². The number of benzene rings is 3. The number of fused-ring (bicyclic) bond motifs is 1.